The minimum absolute atomic E-state index is 0.0138. The topological polar surface area (TPSA) is 120 Å². The van der Waals surface area contributed by atoms with Gasteiger partial charge in [0.15, 0.2) is 0 Å². The van der Waals surface area contributed by atoms with Crippen LogP contribution in [0.25, 0.3) is 0 Å². The van der Waals surface area contributed by atoms with Crippen molar-refractivity contribution in [2.45, 2.75) is 25.3 Å². The van der Waals surface area contributed by atoms with Crippen molar-refractivity contribution in [3.8, 4) is 5.75 Å². The van der Waals surface area contributed by atoms with E-state index in [0.29, 0.717) is 37.2 Å². The van der Waals surface area contributed by atoms with Gasteiger partial charge in [0.05, 0.1) is 13.7 Å². The van der Waals surface area contributed by atoms with E-state index in [1.807, 2.05) is 35.2 Å². The first-order chi connectivity index (χ1) is 16.8. The lowest BCUT2D eigenvalue weighted by Gasteiger charge is -2.31. The number of hydrazine groups is 1. The molecule has 1 atom stereocenters. The third kappa shape index (κ3) is 5.27. The molecule has 2 heterocycles. The van der Waals surface area contributed by atoms with Gasteiger partial charge < -0.3 is 15.4 Å². The summed E-state index contributed by atoms with van der Waals surface area (Å²) < 4.78 is 5.21. The SMILES string of the molecule is COc1cccc(C2(C)NC(=O)N(NC(=O)CN3CCC(C(=O)Nc4ccccc4)CC3)C2=O)c1. The van der Waals surface area contributed by atoms with E-state index < -0.39 is 23.4 Å². The Morgan fingerprint density at radius 1 is 1.09 bits per heavy atom. The highest BCUT2D eigenvalue weighted by molar-refractivity contribution is 6.08. The Morgan fingerprint density at radius 2 is 1.80 bits per heavy atom. The van der Waals surface area contributed by atoms with Gasteiger partial charge in [-0.25, -0.2) is 4.79 Å². The summed E-state index contributed by atoms with van der Waals surface area (Å²) in [6.45, 7) is 2.71. The van der Waals surface area contributed by atoms with Gasteiger partial charge in [0, 0.05) is 11.6 Å². The molecule has 10 nitrogen and oxygen atoms in total. The number of carbonyl (C=O) groups excluding carboxylic acids is 4. The van der Waals surface area contributed by atoms with Gasteiger partial charge in [0.2, 0.25) is 5.91 Å². The third-order valence-electron chi connectivity index (χ3n) is 6.44. The number of piperidine rings is 1. The van der Waals surface area contributed by atoms with E-state index in [2.05, 4.69) is 16.1 Å². The second-order valence-electron chi connectivity index (χ2n) is 8.87. The van der Waals surface area contributed by atoms with Crippen LogP contribution in [-0.2, 0) is 19.9 Å². The zero-order valence-electron chi connectivity index (χ0n) is 19.7. The van der Waals surface area contributed by atoms with Gasteiger partial charge in [-0.15, -0.1) is 0 Å². The van der Waals surface area contributed by atoms with Crippen LogP contribution in [0.4, 0.5) is 10.5 Å². The van der Waals surface area contributed by atoms with Crippen LogP contribution in [0.3, 0.4) is 0 Å². The zero-order valence-corrected chi connectivity index (χ0v) is 19.7. The number of urea groups is 1. The molecule has 0 aromatic heterocycles. The van der Waals surface area contributed by atoms with E-state index >= 15 is 0 Å². The molecule has 2 aromatic carbocycles. The summed E-state index contributed by atoms with van der Waals surface area (Å²) in [5.41, 5.74) is 2.40. The predicted molar refractivity (Wildman–Crippen MR) is 128 cm³/mol. The molecule has 5 amide bonds. The number of imide groups is 1. The van der Waals surface area contributed by atoms with Gasteiger partial charge in [-0.2, -0.15) is 5.01 Å². The van der Waals surface area contributed by atoms with Crippen LogP contribution in [0.1, 0.15) is 25.3 Å². The van der Waals surface area contributed by atoms with Gasteiger partial charge in [-0.1, -0.05) is 30.3 Å². The Morgan fingerprint density at radius 3 is 2.49 bits per heavy atom. The maximum absolute atomic E-state index is 13.1. The van der Waals surface area contributed by atoms with E-state index in [0.717, 1.165) is 10.7 Å². The molecule has 3 N–H and O–H groups in total. The number of methoxy groups -OCH3 is 1. The lowest BCUT2D eigenvalue weighted by molar-refractivity contribution is -0.139. The molecule has 0 saturated carbocycles. The van der Waals surface area contributed by atoms with E-state index in [1.54, 1.807) is 31.2 Å². The van der Waals surface area contributed by atoms with E-state index in [-0.39, 0.29) is 18.4 Å². The molecule has 184 valence electrons. The summed E-state index contributed by atoms with van der Waals surface area (Å²) in [7, 11) is 1.52. The van der Waals surface area contributed by atoms with Crippen molar-refractivity contribution in [1.82, 2.24) is 20.7 Å². The molecule has 0 bridgehead atoms. The van der Waals surface area contributed by atoms with Crippen molar-refractivity contribution in [1.29, 1.82) is 0 Å². The first kappa shape index (κ1) is 24.2. The van der Waals surface area contributed by atoms with Gasteiger partial charge >= 0.3 is 6.03 Å². The van der Waals surface area contributed by atoms with E-state index in [1.165, 1.54) is 7.11 Å². The third-order valence-corrected chi connectivity index (χ3v) is 6.44. The van der Waals surface area contributed by atoms with Crippen molar-refractivity contribution < 1.29 is 23.9 Å². The van der Waals surface area contributed by atoms with Crippen molar-refractivity contribution in [2.75, 3.05) is 32.1 Å². The Labute approximate surface area is 203 Å². The second-order valence-corrected chi connectivity index (χ2v) is 8.87. The van der Waals surface area contributed by atoms with Crippen LogP contribution in [0, 0.1) is 5.92 Å². The molecule has 0 aliphatic carbocycles. The Hall–Kier alpha value is -3.92. The van der Waals surface area contributed by atoms with Gasteiger partial charge in [-0.05, 0) is 62.7 Å². The van der Waals surface area contributed by atoms with Crippen LogP contribution in [0.2, 0.25) is 0 Å². The lowest BCUT2D eigenvalue weighted by Crippen LogP contribution is -2.51. The maximum atomic E-state index is 13.1. The molecule has 4 rings (SSSR count). The number of amides is 5. The lowest BCUT2D eigenvalue weighted by atomic mass is 9.92. The van der Waals surface area contributed by atoms with Crippen LogP contribution in [-0.4, -0.2) is 60.4 Å². The molecule has 1 unspecified atom stereocenters. The number of rotatable bonds is 7. The first-order valence-electron chi connectivity index (χ1n) is 11.5. The number of hydrogen-bond acceptors (Lipinski definition) is 6. The molecule has 0 radical (unpaired) electrons. The molecule has 35 heavy (non-hydrogen) atoms. The number of anilines is 1. The number of hydrogen-bond donors (Lipinski definition) is 3. The Balaban J connectivity index is 1.29. The minimum Gasteiger partial charge on any atom is -0.497 e. The number of likely N-dealkylation sites (tertiary alicyclic amines) is 1. The number of carbonyl (C=O) groups is 4. The van der Waals surface area contributed by atoms with Crippen molar-refractivity contribution in [3.05, 3.63) is 60.2 Å². The number of nitrogens with one attached hydrogen (secondary N) is 3. The fourth-order valence-electron chi connectivity index (χ4n) is 4.35. The predicted octanol–water partition coefficient (Wildman–Crippen LogP) is 1.84. The van der Waals surface area contributed by atoms with Crippen LogP contribution in [0.5, 0.6) is 5.75 Å². The molecule has 2 saturated heterocycles. The van der Waals surface area contributed by atoms with Crippen LogP contribution >= 0.6 is 0 Å². The summed E-state index contributed by atoms with van der Waals surface area (Å²) in [6, 6.07) is 15.4. The summed E-state index contributed by atoms with van der Waals surface area (Å²) >= 11 is 0. The molecule has 10 heteroatoms. The molecular weight excluding hydrogens is 450 g/mol. The molecule has 0 spiro atoms. The first-order valence-corrected chi connectivity index (χ1v) is 11.5. The maximum Gasteiger partial charge on any atom is 0.344 e. The molecule has 2 aromatic rings. The molecule has 2 aliphatic rings. The Bertz CT molecular complexity index is 1120. The average molecular weight is 480 g/mol. The smallest absolute Gasteiger partial charge is 0.344 e. The fraction of sp³-hybridized carbons (Fsp3) is 0.360. The standard InChI is InChI=1S/C25H29N5O5/c1-25(18-7-6-10-20(15-18)35-2)23(33)30(24(34)27-25)28-21(31)16-29-13-11-17(12-14-29)22(32)26-19-8-4-3-5-9-19/h3-10,15,17H,11-14,16H2,1-2H3,(H,26,32)(H,27,34)(H,28,31). The zero-order chi connectivity index (χ0) is 25.0. The van der Waals surface area contributed by atoms with Crippen molar-refractivity contribution in [3.63, 3.8) is 0 Å². The molecule has 2 aliphatic heterocycles. The second kappa shape index (κ2) is 10.1. The highest BCUT2D eigenvalue weighted by Crippen LogP contribution is 2.30. The minimum atomic E-state index is -1.33. The van der Waals surface area contributed by atoms with Gasteiger partial charge in [0.25, 0.3) is 11.8 Å². The van der Waals surface area contributed by atoms with Gasteiger partial charge in [-0.3, -0.25) is 24.7 Å². The number of benzene rings is 2. The monoisotopic (exact) mass is 479 g/mol. The van der Waals surface area contributed by atoms with E-state index in [4.69, 9.17) is 4.74 Å². The summed E-state index contributed by atoms with van der Waals surface area (Å²) in [4.78, 5) is 52.6. The number of para-hydroxylation sites is 1. The summed E-state index contributed by atoms with van der Waals surface area (Å²) in [5.74, 6) is -0.675. The van der Waals surface area contributed by atoms with Gasteiger partial charge in [0.1, 0.15) is 11.3 Å². The summed E-state index contributed by atoms with van der Waals surface area (Å²) in [5, 5.41) is 6.30. The average Bonchev–Trinajstić information content (AvgIpc) is 3.09. The normalized spacial score (nSPS) is 20.9. The quantitative estimate of drug-likeness (QED) is 0.522. The highest BCUT2D eigenvalue weighted by Gasteiger charge is 2.50. The van der Waals surface area contributed by atoms with Crippen molar-refractivity contribution in [2.24, 2.45) is 5.92 Å². The molecule has 2 fully saturated rings. The number of nitrogens with zero attached hydrogens (tertiary/aromatic N) is 2. The van der Waals surface area contributed by atoms with E-state index in [9.17, 15) is 19.2 Å². The Kier molecular flexibility index (Phi) is 7.02. The largest absolute Gasteiger partial charge is 0.497 e. The van der Waals surface area contributed by atoms with Crippen molar-refractivity contribution >= 4 is 29.4 Å². The van der Waals surface area contributed by atoms with Crippen LogP contribution in [0.15, 0.2) is 54.6 Å². The fourth-order valence-corrected chi connectivity index (χ4v) is 4.35. The van der Waals surface area contributed by atoms with Crippen LogP contribution < -0.4 is 20.8 Å². The number of ether oxygens (including phenoxy) is 1. The summed E-state index contributed by atoms with van der Waals surface area (Å²) in [6.07, 6.45) is 1.23. The highest BCUT2D eigenvalue weighted by atomic mass is 16.5. The molecular formula is C25H29N5O5.